The number of aromatic nitrogens is 3. The van der Waals surface area contributed by atoms with E-state index in [1.165, 1.54) is 0 Å². The molecule has 1 atom stereocenters. The number of rotatable bonds is 4. The summed E-state index contributed by atoms with van der Waals surface area (Å²) < 4.78 is 6.11. The molecule has 4 heterocycles. The van der Waals surface area contributed by atoms with Crippen molar-refractivity contribution in [1.29, 1.82) is 0 Å². The fourth-order valence-corrected chi connectivity index (χ4v) is 4.32. The number of benzene rings is 1. The molecule has 1 aromatic carbocycles. The highest BCUT2D eigenvalue weighted by Gasteiger charge is 2.36. The van der Waals surface area contributed by atoms with Crippen molar-refractivity contribution in [2.75, 3.05) is 6.54 Å². The van der Waals surface area contributed by atoms with Crippen LogP contribution in [0, 0.1) is 0 Å². The second-order valence-electron chi connectivity index (χ2n) is 6.62. The van der Waals surface area contributed by atoms with Crippen LogP contribution >= 0.6 is 11.3 Å². The molecule has 1 aliphatic heterocycles. The number of aromatic amines is 1. The van der Waals surface area contributed by atoms with Gasteiger partial charge in [-0.15, -0.1) is 11.3 Å². The molecule has 136 valence electrons. The van der Waals surface area contributed by atoms with Crippen LogP contribution in [0.1, 0.15) is 34.6 Å². The Bertz CT molecular complexity index is 1050. The van der Waals surface area contributed by atoms with Gasteiger partial charge in [-0.2, -0.15) is 0 Å². The number of nitrogens with zero attached hydrogens (tertiary/aromatic N) is 3. The molecule has 0 saturated carbocycles. The van der Waals surface area contributed by atoms with Crippen LogP contribution in [0.4, 0.5) is 0 Å². The number of H-pyrrole nitrogens is 1. The van der Waals surface area contributed by atoms with E-state index < -0.39 is 0 Å². The molecule has 1 unspecified atom stereocenters. The molecule has 7 heteroatoms. The number of hydrogen-bond donors (Lipinski definition) is 1. The number of para-hydroxylation sites is 1. The van der Waals surface area contributed by atoms with Gasteiger partial charge in [-0.05, 0) is 12.1 Å². The van der Waals surface area contributed by atoms with Crippen molar-refractivity contribution in [2.24, 2.45) is 0 Å². The Morgan fingerprint density at radius 1 is 1.33 bits per heavy atom. The van der Waals surface area contributed by atoms with Gasteiger partial charge in [0.05, 0.1) is 17.0 Å². The SMILES string of the molecule is O=C(CCc1nccs1)N1CCc2[nH]cnc2C1c1cc2ccccc2o1. The van der Waals surface area contributed by atoms with Gasteiger partial charge in [0.25, 0.3) is 0 Å². The van der Waals surface area contributed by atoms with Gasteiger partial charge in [0, 0.05) is 48.5 Å². The minimum Gasteiger partial charge on any atom is -0.458 e. The minimum absolute atomic E-state index is 0.101. The molecule has 0 aliphatic carbocycles. The molecule has 6 nitrogen and oxygen atoms in total. The van der Waals surface area contributed by atoms with E-state index in [0.717, 1.165) is 39.5 Å². The quantitative estimate of drug-likeness (QED) is 0.587. The Morgan fingerprint density at radius 3 is 3.11 bits per heavy atom. The maximum absolute atomic E-state index is 13.0. The smallest absolute Gasteiger partial charge is 0.223 e. The molecule has 3 aromatic heterocycles. The zero-order valence-electron chi connectivity index (χ0n) is 14.6. The molecule has 27 heavy (non-hydrogen) atoms. The molecule has 1 N–H and O–H groups in total. The highest BCUT2D eigenvalue weighted by molar-refractivity contribution is 7.09. The minimum atomic E-state index is -0.295. The summed E-state index contributed by atoms with van der Waals surface area (Å²) in [6.45, 7) is 0.646. The number of aryl methyl sites for hydroxylation is 1. The van der Waals surface area contributed by atoms with E-state index in [2.05, 4.69) is 15.0 Å². The second-order valence-corrected chi connectivity index (χ2v) is 7.60. The summed E-state index contributed by atoms with van der Waals surface area (Å²) >= 11 is 1.58. The Balaban J connectivity index is 1.49. The number of carbonyl (C=O) groups is 1. The van der Waals surface area contributed by atoms with E-state index in [0.29, 0.717) is 19.4 Å². The van der Waals surface area contributed by atoms with E-state index in [1.807, 2.05) is 40.6 Å². The van der Waals surface area contributed by atoms with Crippen LogP contribution in [-0.2, 0) is 17.6 Å². The van der Waals surface area contributed by atoms with Gasteiger partial charge >= 0.3 is 0 Å². The summed E-state index contributed by atoms with van der Waals surface area (Å²) in [5.41, 5.74) is 2.78. The van der Waals surface area contributed by atoms with E-state index in [-0.39, 0.29) is 11.9 Å². The van der Waals surface area contributed by atoms with Crippen LogP contribution < -0.4 is 0 Å². The second kappa shape index (κ2) is 6.66. The van der Waals surface area contributed by atoms with Gasteiger partial charge in [-0.3, -0.25) is 4.79 Å². The Morgan fingerprint density at radius 2 is 2.26 bits per heavy atom. The number of thiazole rings is 1. The third-order valence-corrected chi connectivity index (χ3v) is 5.84. The van der Waals surface area contributed by atoms with Crippen LogP contribution in [0.15, 0.2) is 52.7 Å². The molecule has 0 spiro atoms. The van der Waals surface area contributed by atoms with E-state index >= 15 is 0 Å². The topological polar surface area (TPSA) is 75.0 Å². The largest absolute Gasteiger partial charge is 0.458 e. The maximum Gasteiger partial charge on any atom is 0.223 e. The lowest BCUT2D eigenvalue weighted by molar-refractivity contribution is -0.133. The van der Waals surface area contributed by atoms with Crippen LogP contribution in [0.5, 0.6) is 0 Å². The van der Waals surface area contributed by atoms with Crippen molar-refractivity contribution in [3.05, 3.63) is 70.4 Å². The number of hydrogen-bond acceptors (Lipinski definition) is 5. The van der Waals surface area contributed by atoms with Gasteiger partial charge in [0.2, 0.25) is 5.91 Å². The van der Waals surface area contributed by atoms with Crippen LogP contribution in [-0.4, -0.2) is 32.3 Å². The average molecular weight is 378 g/mol. The van der Waals surface area contributed by atoms with Crippen molar-refractivity contribution < 1.29 is 9.21 Å². The fraction of sp³-hybridized carbons (Fsp3) is 0.250. The molecular formula is C20H18N4O2S. The van der Waals surface area contributed by atoms with Crippen molar-refractivity contribution in [3.63, 3.8) is 0 Å². The van der Waals surface area contributed by atoms with Gasteiger partial charge in [0.1, 0.15) is 17.4 Å². The van der Waals surface area contributed by atoms with E-state index in [9.17, 15) is 4.79 Å². The number of imidazole rings is 1. The summed E-state index contributed by atoms with van der Waals surface area (Å²) in [4.78, 5) is 26.9. The maximum atomic E-state index is 13.0. The van der Waals surface area contributed by atoms with Gasteiger partial charge in [-0.25, -0.2) is 9.97 Å². The molecule has 1 amide bonds. The van der Waals surface area contributed by atoms with Crippen molar-refractivity contribution in [1.82, 2.24) is 19.9 Å². The lowest BCUT2D eigenvalue weighted by Crippen LogP contribution is -2.40. The number of fused-ring (bicyclic) bond motifs is 2. The highest BCUT2D eigenvalue weighted by atomic mass is 32.1. The lowest BCUT2D eigenvalue weighted by atomic mass is 9.99. The molecule has 4 aromatic rings. The van der Waals surface area contributed by atoms with Crippen LogP contribution in [0.25, 0.3) is 11.0 Å². The van der Waals surface area contributed by atoms with Crippen molar-refractivity contribution in [2.45, 2.75) is 25.3 Å². The number of furan rings is 1. The molecule has 0 radical (unpaired) electrons. The fourth-order valence-electron chi connectivity index (χ4n) is 3.70. The summed E-state index contributed by atoms with van der Waals surface area (Å²) in [5.74, 6) is 0.858. The Kier molecular flexibility index (Phi) is 4.01. The summed E-state index contributed by atoms with van der Waals surface area (Å²) in [6, 6.07) is 9.63. The van der Waals surface area contributed by atoms with Crippen molar-refractivity contribution >= 4 is 28.2 Å². The summed E-state index contributed by atoms with van der Waals surface area (Å²) in [7, 11) is 0. The summed E-state index contributed by atoms with van der Waals surface area (Å²) in [5, 5.41) is 3.96. The van der Waals surface area contributed by atoms with Crippen molar-refractivity contribution in [3.8, 4) is 0 Å². The molecule has 1 aliphatic rings. The lowest BCUT2D eigenvalue weighted by Gasteiger charge is -2.33. The zero-order valence-corrected chi connectivity index (χ0v) is 15.4. The predicted octanol–water partition coefficient (Wildman–Crippen LogP) is 3.72. The first-order chi connectivity index (χ1) is 13.3. The monoisotopic (exact) mass is 378 g/mol. The third-order valence-electron chi connectivity index (χ3n) is 5.00. The Hall–Kier alpha value is -2.93. The number of nitrogens with one attached hydrogen (secondary N) is 1. The molecule has 0 saturated heterocycles. The molecule has 5 rings (SSSR count). The highest BCUT2D eigenvalue weighted by Crippen LogP contribution is 2.36. The normalized spacial score (nSPS) is 16.6. The van der Waals surface area contributed by atoms with Gasteiger partial charge in [0.15, 0.2) is 0 Å². The molecular weight excluding hydrogens is 360 g/mol. The number of carbonyl (C=O) groups excluding carboxylic acids is 1. The predicted molar refractivity (Wildman–Crippen MR) is 102 cm³/mol. The van der Waals surface area contributed by atoms with Gasteiger partial charge in [-0.1, -0.05) is 18.2 Å². The first-order valence-electron chi connectivity index (χ1n) is 8.98. The first-order valence-corrected chi connectivity index (χ1v) is 9.86. The van der Waals surface area contributed by atoms with Crippen LogP contribution in [0.2, 0.25) is 0 Å². The molecule has 0 fully saturated rings. The van der Waals surface area contributed by atoms with E-state index in [1.54, 1.807) is 23.9 Å². The van der Waals surface area contributed by atoms with E-state index in [4.69, 9.17) is 4.42 Å². The summed E-state index contributed by atoms with van der Waals surface area (Å²) in [6.07, 6.45) is 5.34. The molecule has 0 bridgehead atoms. The Labute approximate surface area is 159 Å². The standard InChI is InChI=1S/C20H18N4O2S/c25-18(6-5-17-21-8-10-27-17)24-9-7-14-19(23-12-22-14)20(24)16-11-13-3-1-2-4-15(13)26-16/h1-4,8,10-12,20H,5-7,9H2,(H,22,23). The first kappa shape index (κ1) is 16.3. The average Bonchev–Trinajstić information content (AvgIpc) is 3.45. The number of amides is 1. The zero-order chi connectivity index (χ0) is 18.2. The van der Waals surface area contributed by atoms with Crippen LogP contribution in [0.3, 0.4) is 0 Å². The van der Waals surface area contributed by atoms with Gasteiger partial charge < -0.3 is 14.3 Å². The third kappa shape index (κ3) is 2.94.